The fraction of sp³-hybridized carbons (Fsp3) is 0.263. The summed E-state index contributed by atoms with van der Waals surface area (Å²) < 4.78 is 10.7. The first-order chi connectivity index (χ1) is 13.5. The number of amides is 1. The maximum Gasteiger partial charge on any atom is 0.269 e. The van der Waals surface area contributed by atoms with Crippen molar-refractivity contribution in [2.45, 2.75) is 12.7 Å². The normalized spacial score (nSPS) is 10.6. The molecule has 1 amide bonds. The zero-order valence-corrected chi connectivity index (χ0v) is 16.4. The van der Waals surface area contributed by atoms with Gasteiger partial charge in [-0.15, -0.1) is 11.8 Å². The van der Waals surface area contributed by atoms with E-state index in [1.54, 1.807) is 37.4 Å². The molecule has 0 spiro atoms. The molecular formula is C19H21N3O5S. The van der Waals surface area contributed by atoms with Gasteiger partial charge in [0.05, 0.1) is 30.6 Å². The molecule has 9 heteroatoms. The molecule has 0 aliphatic carbocycles. The summed E-state index contributed by atoms with van der Waals surface area (Å²) in [6.45, 7) is 2.39. The number of rotatable bonds is 10. The molecule has 0 saturated heterocycles. The van der Waals surface area contributed by atoms with Gasteiger partial charge in [-0.2, -0.15) is 5.10 Å². The predicted octanol–water partition coefficient (Wildman–Crippen LogP) is 3.39. The molecule has 0 heterocycles. The molecular weight excluding hydrogens is 382 g/mol. The number of benzene rings is 2. The molecule has 0 unspecified atom stereocenters. The quantitative estimate of drug-likeness (QED) is 0.371. The number of non-ortho nitro benzene ring substituents is 1. The average molecular weight is 403 g/mol. The number of nitro benzene ring substituents is 1. The molecule has 1 N–H and O–H groups in total. The van der Waals surface area contributed by atoms with E-state index in [1.807, 2.05) is 6.92 Å². The summed E-state index contributed by atoms with van der Waals surface area (Å²) in [4.78, 5) is 22.2. The summed E-state index contributed by atoms with van der Waals surface area (Å²) in [5.74, 6) is 1.65. The van der Waals surface area contributed by atoms with Gasteiger partial charge < -0.3 is 9.47 Å². The lowest BCUT2D eigenvalue weighted by Gasteiger charge is -2.09. The Morgan fingerprint density at radius 3 is 2.82 bits per heavy atom. The maximum atomic E-state index is 11.9. The summed E-state index contributed by atoms with van der Waals surface area (Å²) >= 11 is 1.35. The first-order valence-corrected chi connectivity index (χ1v) is 9.62. The number of nitro groups is 1. The van der Waals surface area contributed by atoms with Crippen LogP contribution < -0.4 is 14.9 Å². The van der Waals surface area contributed by atoms with Gasteiger partial charge in [0.2, 0.25) is 5.91 Å². The van der Waals surface area contributed by atoms with Crippen molar-refractivity contribution in [2.75, 3.05) is 19.5 Å². The Morgan fingerprint density at radius 1 is 1.29 bits per heavy atom. The molecule has 2 rings (SSSR count). The van der Waals surface area contributed by atoms with E-state index in [1.165, 1.54) is 30.1 Å². The van der Waals surface area contributed by atoms with Crippen molar-refractivity contribution in [3.8, 4) is 11.5 Å². The van der Waals surface area contributed by atoms with Crippen LogP contribution in [-0.2, 0) is 10.5 Å². The Hall–Kier alpha value is -3.07. The molecule has 0 atom stereocenters. The number of thioether (sulfide) groups is 1. The Balaban J connectivity index is 1.81. The van der Waals surface area contributed by atoms with Crippen molar-refractivity contribution in [3.05, 3.63) is 63.7 Å². The van der Waals surface area contributed by atoms with Crippen molar-refractivity contribution in [2.24, 2.45) is 5.10 Å². The third-order valence-corrected chi connectivity index (χ3v) is 4.52. The van der Waals surface area contributed by atoms with Crippen LogP contribution >= 0.6 is 11.8 Å². The van der Waals surface area contributed by atoms with Crippen LogP contribution in [0.2, 0.25) is 0 Å². The highest BCUT2D eigenvalue weighted by molar-refractivity contribution is 7.99. The number of carbonyl (C=O) groups is 1. The van der Waals surface area contributed by atoms with Gasteiger partial charge in [-0.1, -0.05) is 12.1 Å². The average Bonchev–Trinajstić information content (AvgIpc) is 2.69. The largest absolute Gasteiger partial charge is 0.493 e. The van der Waals surface area contributed by atoms with E-state index in [4.69, 9.17) is 9.47 Å². The van der Waals surface area contributed by atoms with Crippen LogP contribution in [-0.4, -0.2) is 36.5 Å². The summed E-state index contributed by atoms with van der Waals surface area (Å²) in [6.07, 6.45) is 1.52. The van der Waals surface area contributed by atoms with E-state index in [0.717, 1.165) is 11.1 Å². The van der Waals surface area contributed by atoms with E-state index < -0.39 is 4.92 Å². The van der Waals surface area contributed by atoms with E-state index in [0.29, 0.717) is 23.9 Å². The molecule has 0 fully saturated rings. The fourth-order valence-corrected chi connectivity index (χ4v) is 3.04. The number of nitrogens with one attached hydrogen (secondary N) is 1. The minimum absolute atomic E-state index is 0.0399. The maximum absolute atomic E-state index is 11.9. The van der Waals surface area contributed by atoms with Gasteiger partial charge in [0.1, 0.15) is 0 Å². The molecule has 2 aromatic carbocycles. The highest BCUT2D eigenvalue weighted by atomic mass is 32.2. The molecule has 0 bridgehead atoms. The third-order valence-electron chi connectivity index (χ3n) is 3.51. The van der Waals surface area contributed by atoms with E-state index in [-0.39, 0.29) is 17.3 Å². The molecule has 0 aliphatic heterocycles. The zero-order valence-electron chi connectivity index (χ0n) is 15.6. The minimum Gasteiger partial charge on any atom is -0.493 e. The fourth-order valence-electron chi connectivity index (χ4n) is 2.27. The summed E-state index contributed by atoms with van der Waals surface area (Å²) in [5, 5.41) is 14.7. The number of hydrogen-bond acceptors (Lipinski definition) is 7. The second-order valence-electron chi connectivity index (χ2n) is 5.56. The monoisotopic (exact) mass is 403 g/mol. The lowest BCUT2D eigenvalue weighted by molar-refractivity contribution is -0.384. The van der Waals surface area contributed by atoms with E-state index >= 15 is 0 Å². The molecule has 0 aromatic heterocycles. The van der Waals surface area contributed by atoms with Gasteiger partial charge in [0, 0.05) is 17.9 Å². The van der Waals surface area contributed by atoms with Crippen molar-refractivity contribution in [3.63, 3.8) is 0 Å². The Morgan fingerprint density at radius 2 is 2.11 bits per heavy atom. The SMILES string of the molecule is CCOc1cc(/C=N\NC(=O)CSCc2cccc([N+](=O)[O-])c2)ccc1OC. The second kappa shape index (κ2) is 10.9. The standard InChI is InChI=1S/C19H21N3O5S/c1-3-27-18-10-14(7-8-17(18)26-2)11-20-21-19(23)13-28-12-15-5-4-6-16(9-15)22(24)25/h4-11H,3,12-13H2,1-2H3,(H,21,23)/b20-11-. The van der Waals surface area contributed by atoms with E-state index in [2.05, 4.69) is 10.5 Å². The molecule has 28 heavy (non-hydrogen) atoms. The van der Waals surface area contributed by atoms with Crippen LogP contribution in [0.3, 0.4) is 0 Å². The lowest BCUT2D eigenvalue weighted by atomic mass is 10.2. The number of hydrogen-bond donors (Lipinski definition) is 1. The minimum atomic E-state index is -0.439. The van der Waals surface area contributed by atoms with Gasteiger partial charge in [0.15, 0.2) is 11.5 Å². The van der Waals surface area contributed by atoms with Gasteiger partial charge in [-0.25, -0.2) is 5.43 Å². The van der Waals surface area contributed by atoms with Gasteiger partial charge in [-0.05, 0) is 36.2 Å². The van der Waals surface area contributed by atoms with Gasteiger partial charge in [0.25, 0.3) is 5.69 Å². The van der Waals surface area contributed by atoms with Crippen LogP contribution in [0.25, 0.3) is 0 Å². The van der Waals surface area contributed by atoms with Crippen molar-refractivity contribution < 1.29 is 19.2 Å². The summed E-state index contributed by atoms with van der Waals surface area (Å²) in [5.41, 5.74) is 4.04. The first kappa shape index (κ1) is 21.2. The predicted molar refractivity (Wildman–Crippen MR) is 109 cm³/mol. The van der Waals surface area contributed by atoms with Gasteiger partial charge in [-0.3, -0.25) is 14.9 Å². The van der Waals surface area contributed by atoms with Crippen LogP contribution in [0.4, 0.5) is 5.69 Å². The summed E-state index contributed by atoms with van der Waals surface area (Å²) in [7, 11) is 1.57. The van der Waals surface area contributed by atoms with Crippen LogP contribution in [0.5, 0.6) is 11.5 Å². The molecule has 2 aromatic rings. The molecule has 0 saturated carbocycles. The number of ether oxygens (including phenoxy) is 2. The number of carbonyl (C=O) groups excluding carboxylic acids is 1. The molecule has 8 nitrogen and oxygen atoms in total. The lowest BCUT2D eigenvalue weighted by Crippen LogP contribution is -2.19. The van der Waals surface area contributed by atoms with Crippen LogP contribution in [0.15, 0.2) is 47.6 Å². The van der Waals surface area contributed by atoms with Crippen LogP contribution in [0, 0.1) is 10.1 Å². The summed E-state index contributed by atoms with van der Waals surface area (Å²) in [6, 6.07) is 11.7. The zero-order chi connectivity index (χ0) is 20.4. The highest BCUT2D eigenvalue weighted by Crippen LogP contribution is 2.27. The third kappa shape index (κ3) is 6.58. The number of hydrazone groups is 1. The van der Waals surface area contributed by atoms with Gasteiger partial charge >= 0.3 is 0 Å². The van der Waals surface area contributed by atoms with Crippen molar-refractivity contribution in [1.29, 1.82) is 0 Å². The Bertz CT molecular complexity index is 857. The smallest absolute Gasteiger partial charge is 0.269 e. The number of methoxy groups -OCH3 is 1. The first-order valence-electron chi connectivity index (χ1n) is 8.47. The Labute approximate surface area is 167 Å². The van der Waals surface area contributed by atoms with Crippen molar-refractivity contribution in [1.82, 2.24) is 5.43 Å². The molecule has 0 aliphatic rings. The van der Waals surface area contributed by atoms with Crippen molar-refractivity contribution >= 4 is 29.6 Å². The number of nitrogens with zero attached hydrogens (tertiary/aromatic N) is 2. The topological polar surface area (TPSA) is 103 Å². The molecule has 148 valence electrons. The van der Waals surface area contributed by atoms with Crippen LogP contribution in [0.1, 0.15) is 18.1 Å². The van der Waals surface area contributed by atoms with E-state index in [9.17, 15) is 14.9 Å². The molecule has 0 radical (unpaired) electrons. The highest BCUT2D eigenvalue weighted by Gasteiger charge is 2.07. The Kier molecular flexibility index (Phi) is 8.29. The second-order valence-corrected chi connectivity index (χ2v) is 6.54.